The number of nitrogens with one attached hydrogen (secondary N) is 1. The lowest BCUT2D eigenvalue weighted by atomic mass is 10.2. The van der Waals surface area contributed by atoms with Crippen LogP contribution in [0, 0.1) is 0 Å². The van der Waals surface area contributed by atoms with Gasteiger partial charge in [-0.05, 0) is 55.0 Å². The summed E-state index contributed by atoms with van der Waals surface area (Å²) in [6.07, 6.45) is 5.27. The Labute approximate surface area is 165 Å². The van der Waals surface area contributed by atoms with Crippen molar-refractivity contribution in [2.75, 3.05) is 19.8 Å². The summed E-state index contributed by atoms with van der Waals surface area (Å²) in [6.45, 7) is 2.86. The van der Waals surface area contributed by atoms with E-state index in [4.69, 9.17) is 9.47 Å². The molecule has 0 bridgehead atoms. The average Bonchev–Trinajstić information content (AvgIpc) is 3.40. The van der Waals surface area contributed by atoms with Gasteiger partial charge in [0.1, 0.15) is 12.4 Å². The van der Waals surface area contributed by atoms with E-state index in [2.05, 4.69) is 40.3 Å². The number of nitrogens with zero attached hydrogens (tertiary/aromatic N) is 1. The lowest BCUT2D eigenvalue weighted by Crippen LogP contribution is -2.25. The zero-order chi connectivity index (χ0) is 19.2. The topological polar surface area (TPSA) is 52.5 Å². The fourth-order valence-electron chi connectivity index (χ4n) is 3.58. The van der Waals surface area contributed by atoms with Crippen molar-refractivity contribution in [3.05, 3.63) is 66.4 Å². The molecule has 5 nitrogen and oxygen atoms in total. The van der Waals surface area contributed by atoms with Gasteiger partial charge in [0.15, 0.2) is 0 Å². The second kappa shape index (κ2) is 8.93. The molecule has 1 aromatic heterocycles. The highest BCUT2D eigenvalue weighted by molar-refractivity contribution is 5.94. The second-order valence-electron chi connectivity index (χ2n) is 7.15. The van der Waals surface area contributed by atoms with E-state index in [1.54, 1.807) is 6.07 Å². The summed E-state index contributed by atoms with van der Waals surface area (Å²) in [5, 5.41) is 4.24. The molecule has 0 aliphatic carbocycles. The van der Waals surface area contributed by atoms with Crippen LogP contribution in [0.3, 0.4) is 0 Å². The first kappa shape index (κ1) is 18.6. The van der Waals surface area contributed by atoms with E-state index in [0.717, 1.165) is 32.4 Å². The number of para-hydroxylation sites is 1. The van der Waals surface area contributed by atoms with Gasteiger partial charge in [0.2, 0.25) is 0 Å². The number of aromatic nitrogens is 1. The lowest BCUT2D eigenvalue weighted by molar-refractivity contribution is 0.0679. The van der Waals surface area contributed by atoms with E-state index in [9.17, 15) is 4.79 Å². The number of hydrogen-bond acceptors (Lipinski definition) is 3. The minimum atomic E-state index is -0.0695. The minimum absolute atomic E-state index is 0.0695. The van der Waals surface area contributed by atoms with Crippen LogP contribution in [0.2, 0.25) is 0 Å². The van der Waals surface area contributed by atoms with Gasteiger partial charge in [-0.2, -0.15) is 0 Å². The van der Waals surface area contributed by atoms with Crippen molar-refractivity contribution in [2.24, 2.45) is 0 Å². The Bertz CT molecular complexity index is 928. The number of benzene rings is 2. The maximum absolute atomic E-state index is 12.4. The molecule has 1 fully saturated rings. The molecule has 1 saturated heterocycles. The summed E-state index contributed by atoms with van der Waals surface area (Å²) >= 11 is 0. The number of rotatable bonds is 8. The van der Waals surface area contributed by atoms with Crippen LogP contribution in [-0.2, 0) is 11.3 Å². The predicted octanol–water partition coefficient (Wildman–Crippen LogP) is 4.02. The van der Waals surface area contributed by atoms with E-state index in [1.807, 2.05) is 24.3 Å². The third-order valence-electron chi connectivity index (χ3n) is 5.10. The summed E-state index contributed by atoms with van der Waals surface area (Å²) in [6, 6.07) is 17.8. The monoisotopic (exact) mass is 378 g/mol. The highest BCUT2D eigenvalue weighted by atomic mass is 16.5. The van der Waals surface area contributed by atoms with Gasteiger partial charge in [-0.15, -0.1) is 0 Å². The molecule has 0 saturated carbocycles. The van der Waals surface area contributed by atoms with Crippen LogP contribution in [0.5, 0.6) is 5.75 Å². The van der Waals surface area contributed by atoms with Crippen molar-refractivity contribution in [2.45, 2.75) is 31.9 Å². The molecule has 0 radical (unpaired) electrons. The summed E-state index contributed by atoms with van der Waals surface area (Å²) in [5.74, 6) is 0.641. The molecule has 0 spiro atoms. The van der Waals surface area contributed by atoms with E-state index in [0.29, 0.717) is 24.5 Å². The van der Waals surface area contributed by atoms with Crippen molar-refractivity contribution < 1.29 is 14.3 Å². The molecule has 2 aromatic carbocycles. The Morgan fingerprint density at radius 1 is 1.18 bits per heavy atom. The van der Waals surface area contributed by atoms with Crippen molar-refractivity contribution in [1.29, 1.82) is 0 Å². The summed E-state index contributed by atoms with van der Waals surface area (Å²) in [4.78, 5) is 12.4. The summed E-state index contributed by atoms with van der Waals surface area (Å²) in [5.41, 5.74) is 1.85. The molecule has 1 aliphatic heterocycles. The number of ether oxygens (including phenoxy) is 2. The SMILES string of the molecule is O=C(NCCCn1ccc2ccccc21)c1cccc(OCC2CCCO2)c1. The van der Waals surface area contributed by atoms with E-state index < -0.39 is 0 Å². The van der Waals surface area contributed by atoms with Crippen LogP contribution in [0.4, 0.5) is 0 Å². The van der Waals surface area contributed by atoms with Crippen molar-refractivity contribution in [3.8, 4) is 5.75 Å². The summed E-state index contributed by atoms with van der Waals surface area (Å²) in [7, 11) is 0. The maximum atomic E-state index is 12.4. The van der Waals surface area contributed by atoms with Crippen molar-refractivity contribution in [3.63, 3.8) is 0 Å². The number of hydrogen-bond donors (Lipinski definition) is 1. The second-order valence-corrected chi connectivity index (χ2v) is 7.15. The molecule has 1 N–H and O–H groups in total. The quantitative estimate of drug-likeness (QED) is 0.603. The zero-order valence-electron chi connectivity index (χ0n) is 16.0. The lowest BCUT2D eigenvalue weighted by Gasteiger charge is -2.12. The third-order valence-corrected chi connectivity index (χ3v) is 5.10. The van der Waals surface area contributed by atoms with E-state index >= 15 is 0 Å². The van der Waals surface area contributed by atoms with E-state index in [-0.39, 0.29) is 12.0 Å². The average molecular weight is 378 g/mol. The van der Waals surface area contributed by atoms with Gasteiger partial charge in [-0.3, -0.25) is 4.79 Å². The number of fused-ring (bicyclic) bond motifs is 1. The third kappa shape index (κ3) is 4.54. The maximum Gasteiger partial charge on any atom is 0.251 e. The summed E-state index contributed by atoms with van der Waals surface area (Å²) < 4.78 is 13.6. The predicted molar refractivity (Wildman–Crippen MR) is 110 cm³/mol. The van der Waals surface area contributed by atoms with Crippen LogP contribution in [0.15, 0.2) is 60.8 Å². The van der Waals surface area contributed by atoms with Gasteiger partial charge >= 0.3 is 0 Å². The van der Waals surface area contributed by atoms with Gasteiger partial charge in [-0.25, -0.2) is 0 Å². The first-order valence-electron chi connectivity index (χ1n) is 9.96. The Kier molecular flexibility index (Phi) is 5.92. The Hall–Kier alpha value is -2.79. The van der Waals surface area contributed by atoms with Crippen LogP contribution in [0.25, 0.3) is 10.9 Å². The molecular weight excluding hydrogens is 352 g/mol. The highest BCUT2D eigenvalue weighted by Crippen LogP contribution is 2.18. The first-order valence-corrected chi connectivity index (χ1v) is 9.96. The van der Waals surface area contributed by atoms with Gasteiger partial charge in [-0.1, -0.05) is 24.3 Å². The largest absolute Gasteiger partial charge is 0.491 e. The van der Waals surface area contributed by atoms with Gasteiger partial charge in [0.05, 0.1) is 6.10 Å². The molecule has 146 valence electrons. The Balaban J connectivity index is 1.25. The number of carbonyl (C=O) groups is 1. The van der Waals surface area contributed by atoms with Crippen LogP contribution in [0.1, 0.15) is 29.6 Å². The van der Waals surface area contributed by atoms with Crippen LogP contribution in [-0.4, -0.2) is 36.3 Å². The van der Waals surface area contributed by atoms with Crippen molar-refractivity contribution >= 4 is 16.8 Å². The molecule has 4 rings (SSSR count). The van der Waals surface area contributed by atoms with Crippen LogP contribution >= 0.6 is 0 Å². The molecule has 2 heterocycles. The van der Waals surface area contributed by atoms with Gasteiger partial charge in [0.25, 0.3) is 5.91 Å². The standard InChI is InChI=1S/C23H26N2O3/c26-23(19-7-3-8-20(16-19)28-17-21-9-4-15-27-21)24-12-5-13-25-14-11-18-6-1-2-10-22(18)25/h1-3,6-8,10-11,14,16,21H,4-5,9,12-13,15,17H2,(H,24,26). The zero-order valence-corrected chi connectivity index (χ0v) is 16.0. The smallest absolute Gasteiger partial charge is 0.251 e. The minimum Gasteiger partial charge on any atom is -0.491 e. The first-order chi connectivity index (χ1) is 13.8. The molecule has 1 unspecified atom stereocenters. The van der Waals surface area contributed by atoms with Crippen LogP contribution < -0.4 is 10.1 Å². The Morgan fingerprint density at radius 2 is 2.11 bits per heavy atom. The Morgan fingerprint density at radius 3 is 3.00 bits per heavy atom. The van der Waals surface area contributed by atoms with E-state index in [1.165, 1.54) is 10.9 Å². The molecule has 1 atom stereocenters. The highest BCUT2D eigenvalue weighted by Gasteiger charge is 2.16. The molecular formula is C23H26N2O3. The molecule has 3 aromatic rings. The number of carbonyl (C=O) groups excluding carboxylic acids is 1. The molecule has 1 amide bonds. The number of aryl methyl sites for hydroxylation is 1. The molecule has 5 heteroatoms. The van der Waals surface area contributed by atoms with Crippen molar-refractivity contribution in [1.82, 2.24) is 9.88 Å². The normalized spacial score (nSPS) is 16.4. The molecule has 1 aliphatic rings. The fourth-order valence-corrected chi connectivity index (χ4v) is 3.58. The molecule has 28 heavy (non-hydrogen) atoms. The fraction of sp³-hybridized carbons (Fsp3) is 0.348. The van der Waals surface area contributed by atoms with Gasteiger partial charge < -0.3 is 19.4 Å². The number of amides is 1. The van der Waals surface area contributed by atoms with Gasteiger partial charge in [0, 0.05) is 37.0 Å².